The maximum Gasteiger partial charge on any atom is 0.139 e. The molecular weight excluding hydrogens is 331 g/mol. The summed E-state index contributed by atoms with van der Waals surface area (Å²) in [5.74, 6) is -0.397. The number of benzene rings is 1. The van der Waals surface area contributed by atoms with Crippen molar-refractivity contribution in [3.63, 3.8) is 0 Å². The molecule has 2 aromatic rings. The van der Waals surface area contributed by atoms with E-state index in [2.05, 4.69) is 10.3 Å². The van der Waals surface area contributed by atoms with Crippen molar-refractivity contribution in [2.24, 2.45) is 0 Å². The Balaban J connectivity index is 1.93. The van der Waals surface area contributed by atoms with E-state index in [1.54, 1.807) is 31.1 Å². The molecule has 1 aliphatic rings. The molecule has 5 atom stereocenters. The van der Waals surface area contributed by atoms with Crippen LogP contribution in [0.1, 0.15) is 6.04 Å². The Morgan fingerprint density at radius 3 is 2.68 bits per heavy atom. The number of likely N-dealkylation sites (N-methyl/N-ethyl adjacent to an activating group) is 1. The number of rotatable bonds is 4. The predicted octanol–water partition coefficient (Wildman–Crippen LogP) is -0.374. The fourth-order valence-electron chi connectivity index (χ4n) is 3.02. The zero-order chi connectivity index (χ0) is 18.1. The summed E-state index contributed by atoms with van der Waals surface area (Å²) in [6.07, 6.45) is -2.36. The third kappa shape index (κ3) is 3.42. The molecule has 2 heterocycles. The molecule has 0 aliphatic carbocycles. The number of halogens is 1. The topological polar surface area (TPSA) is 104 Å². The molecule has 1 aromatic carbocycles. The summed E-state index contributed by atoms with van der Waals surface area (Å²) in [7, 11) is 3.44. The zero-order valence-electron chi connectivity index (χ0n) is 13.9. The van der Waals surface area contributed by atoms with Crippen molar-refractivity contribution in [3.8, 4) is 11.3 Å². The quantitative estimate of drug-likeness (QED) is 0.689. The third-order valence-corrected chi connectivity index (χ3v) is 4.31. The molecule has 8 nitrogen and oxygen atoms in total. The van der Waals surface area contributed by atoms with Gasteiger partial charge < -0.3 is 20.1 Å². The van der Waals surface area contributed by atoms with Crippen LogP contribution in [0.5, 0.6) is 0 Å². The van der Waals surface area contributed by atoms with Crippen LogP contribution >= 0.6 is 0 Å². The van der Waals surface area contributed by atoms with E-state index in [1.165, 1.54) is 23.0 Å². The van der Waals surface area contributed by atoms with Crippen LogP contribution in [0.3, 0.4) is 0 Å². The highest BCUT2D eigenvalue weighted by Crippen LogP contribution is 2.31. The van der Waals surface area contributed by atoms with Gasteiger partial charge in [-0.05, 0) is 26.2 Å². The van der Waals surface area contributed by atoms with Crippen LogP contribution < -0.4 is 0 Å². The summed E-state index contributed by atoms with van der Waals surface area (Å²) in [5.41, 5.74) is 0.942. The van der Waals surface area contributed by atoms with Gasteiger partial charge in [0.05, 0.1) is 12.8 Å². The Labute approximate surface area is 144 Å². The first-order chi connectivity index (χ1) is 11.9. The first kappa shape index (κ1) is 17.9. The Hall–Kier alpha value is -1.91. The molecule has 0 saturated carbocycles. The Kier molecular flexibility index (Phi) is 5.11. The molecule has 9 heteroatoms. The SMILES string of the molecule is CN(C)C1OC(CO)C(O)C(n2cc(-c3cccc(F)c3)nn2)C1O. The van der Waals surface area contributed by atoms with Crippen LogP contribution in [0, 0.1) is 5.82 Å². The standard InChI is InChI=1S/C16H21FN4O4/c1-20(2)16-15(24)13(14(23)12(8-22)25-16)21-7-11(18-19-21)9-4-3-5-10(17)6-9/h3-7,12-16,22-24H,8H2,1-2H3. The number of ether oxygens (including phenoxy) is 1. The first-order valence-electron chi connectivity index (χ1n) is 7.89. The molecule has 1 aromatic heterocycles. The van der Waals surface area contributed by atoms with Crippen molar-refractivity contribution in [2.75, 3.05) is 20.7 Å². The minimum absolute atomic E-state index is 0.397. The van der Waals surface area contributed by atoms with Gasteiger partial charge in [0.25, 0.3) is 0 Å². The average Bonchev–Trinajstić information content (AvgIpc) is 3.04. The Morgan fingerprint density at radius 2 is 2.04 bits per heavy atom. The van der Waals surface area contributed by atoms with Gasteiger partial charge in [0.2, 0.25) is 0 Å². The lowest BCUT2D eigenvalue weighted by Crippen LogP contribution is -2.59. The summed E-state index contributed by atoms with van der Waals surface area (Å²) < 4.78 is 20.3. The minimum Gasteiger partial charge on any atom is -0.394 e. The Morgan fingerprint density at radius 1 is 1.28 bits per heavy atom. The fourth-order valence-corrected chi connectivity index (χ4v) is 3.02. The highest BCUT2D eigenvalue weighted by Gasteiger charge is 2.46. The molecule has 1 aliphatic heterocycles. The van der Waals surface area contributed by atoms with E-state index in [0.717, 1.165) is 0 Å². The highest BCUT2D eigenvalue weighted by molar-refractivity contribution is 5.57. The lowest BCUT2D eigenvalue weighted by Gasteiger charge is -2.44. The van der Waals surface area contributed by atoms with Crippen molar-refractivity contribution in [1.29, 1.82) is 0 Å². The van der Waals surface area contributed by atoms with Crippen molar-refractivity contribution >= 4 is 0 Å². The van der Waals surface area contributed by atoms with E-state index in [9.17, 15) is 19.7 Å². The van der Waals surface area contributed by atoms with Gasteiger partial charge in [-0.15, -0.1) is 5.10 Å². The van der Waals surface area contributed by atoms with Gasteiger partial charge in [-0.3, -0.25) is 4.90 Å². The van der Waals surface area contributed by atoms with Crippen LogP contribution in [0.2, 0.25) is 0 Å². The molecule has 136 valence electrons. The fraction of sp³-hybridized carbons (Fsp3) is 0.500. The molecule has 0 radical (unpaired) electrons. The van der Waals surface area contributed by atoms with Gasteiger partial charge in [0, 0.05) is 5.56 Å². The minimum atomic E-state index is -1.18. The largest absolute Gasteiger partial charge is 0.394 e. The summed E-state index contributed by atoms with van der Waals surface area (Å²) in [4.78, 5) is 1.65. The van der Waals surface area contributed by atoms with Gasteiger partial charge >= 0.3 is 0 Å². The molecule has 1 saturated heterocycles. The summed E-state index contributed by atoms with van der Waals surface area (Å²) >= 11 is 0. The number of aromatic nitrogens is 3. The van der Waals surface area contributed by atoms with Gasteiger partial charge in [0.1, 0.15) is 42.1 Å². The highest BCUT2D eigenvalue weighted by atomic mass is 19.1. The third-order valence-electron chi connectivity index (χ3n) is 4.31. The maximum absolute atomic E-state index is 13.4. The number of aliphatic hydroxyl groups excluding tert-OH is 3. The van der Waals surface area contributed by atoms with Crippen LogP contribution in [0.4, 0.5) is 4.39 Å². The molecular formula is C16H21FN4O4. The molecule has 25 heavy (non-hydrogen) atoms. The molecule has 3 rings (SSSR count). The lowest BCUT2D eigenvalue weighted by molar-refractivity contribution is -0.239. The van der Waals surface area contributed by atoms with E-state index in [0.29, 0.717) is 11.3 Å². The first-order valence-corrected chi connectivity index (χ1v) is 7.89. The number of aliphatic hydroxyl groups is 3. The van der Waals surface area contributed by atoms with Crippen LogP contribution in [-0.4, -0.2) is 80.5 Å². The molecule has 5 unspecified atom stereocenters. The summed E-state index contributed by atoms with van der Waals surface area (Å²) in [6.45, 7) is -0.403. The van der Waals surface area contributed by atoms with E-state index in [1.807, 2.05) is 0 Å². The van der Waals surface area contributed by atoms with Gasteiger partial charge in [-0.25, -0.2) is 9.07 Å². The summed E-state index contributed by atoms with van der Waals surface area (Å²) in [5, 5.41) is 38.5. The Bertz CT molecular complexity index is 726. The predicted molar refractivity (Wildman–Crippen MR) is 85.9 cm³/mol. The second kappa shape index (κ2) is 7.14. The second-order valence-corrected chi connectivity index (χ2v) is 6.28. The van der Waals surface area contributed by atoms with Gasteiger partial charge in [-0.2, -0.15) is 0 Å². The van der Waals surface area contributed by atoms with Crippen LogP contribution in [0.15, 0.2) is 30.5 Å². The monoisotopic (exact) mass is 352 g/mol. The smallest absolute Gasteiger partial charge is 0.139 e. The average molecular weight is 352 g/mol. The molecule has 0 amide bonds. The number of hydrogen-bond acceptors (Lipinski definition) is 7. The van der Waals surface area contributed by atoms with Gasteiger partial charge in [0.15, 0.2) is 0 Å². The van der Waals surface area contributed by atoms with Crippen molar-refractivity contribution in [1.82, 2.24) is 19.9 Å². The van der Waals surface area contributed by atoms with Crippen molar-refractivity contribution < 1.29 is 24.4 Å². The van der Waals surface area contributed by atoms with Crippen molar-refractivity contribution in [2.45, 2.75) is 30.6 Å². The van der Waals surface area contributed by atoms with E-state index < -0.39 is 43.0 Å². The normalized spacial score (nSPS) is 30.0. The van der Waals surface area contributed by atoms with Crippen LogP contribution in [0.25, 0.3) is 11.3 Å². The lowest BCUT2D eigenvalue weighted by atomic mass is 9.95. The molecule has 3 N–H and O–H groups in total. The van der Waals surface area contributed by atoms with E-state index in [-0.39, 0.29) is 0 Å². The molecule has 0 spiro atoms. The number of nitrogens with zero attached hydrogens (tertiary/aromatic N) is 4. The molecule has 1 fully saturated rings. The van der Waals surface area contributed by atoms with E-state index >= 15 is 0 Å². The zero-order valence-corrected chi connectivity index (χ0v) is 13.9. The van der Waals surface area contributed by atoms with E-state index in [4.69, 9.17) is 4.74 Å². The molecule has 0 bridgehead atoms. The maximum atomic E-state index is 13.4. The second-order valence-electron chi connectivity index (χ2n) is 6.28. The van der Waals surface area contributed by atoms with Crippen LogP contribution in [-0.2, 0) is 4.74 Å². The number of hydrogen-bond donors (Lipinski definition) is 3. The summed E-state index contributed by atoms with van der Waals surface area (Å²) in [6, 6.07) is 5.03. The van der Waals surface area contributed by atoms with Gasteiger partial charge in [-0.1, -0.05) is 17.3 Å². The van der Waals surface area contributed by atoms with Crippen molar-refractivity contribution in [3.05, 3.63) is 36.3 Å².